The molecule has 0 aromatic heterocycles. The maximum absolute atomic E-state index is 10.7. The standard InChI is InChI=1S/C10H8O4S.Li/c11-9-3-1-8-6-10(15(12,13)14)4-2-7(8)5-9;/h1-6,11H,(H,12,13,14);/q;+1/p-1. The molecule has 16 heavy (non-hydrogen) atoms. The van der Waals surface area contributed by atoms with E-state index < -0.39 is 10.1 Å². The normalized spacial score (nSPS) is 11.1. The Morgan fingerprint density at radius 3 is 2.19 bits per heavy atom. The fraction of sp³-hybridized carbons (Fsp3) is 0. The van der Waals surface area contributed by atoms with Gasteiger partial charge in [0.15, 0.2) is 0 Å². The first-order chi connectivity index (χ1) is 6.97. The molecule has 6 heteroatoms. The van der Waals surface area contributed by atoms with E-state index in [4.69, 9.17) is 0 Å². The Bertz CT molecular complexity index is 622. The maximum Gasteiger partial charge on any atom is 1.00 e. The molecule has 0 amide bonds. The van der Waals surface area contributed by atoms with Crippen LogP contribution in [0.3, 0.4) is 0 Å². The van der Waals surface area contributed by atoms with Crippen LogP contribution in [0.25, 0.3) is 10.8 Å². The average Bonchev–Trinajstić information content (AvgIpc) is 2.15. The number of fused-ring (bicyclic) bond motifs is 1. The number of benzene rings is 2. The van der Waals surface area contributed by atoms with Crippen LogP contribution < -0.4 is 18.9 Å². The minimum atomic E-state index is -4.42. The van der Waals surface area contributed by atoms with Crippen molar-refractivity contribution in [1.29, 1.82) is 0 Å². The van der Waals surface area contributed by atoms with Gasteiger partial charge in [0.1, 0.15) is 15.9 Å². The molecular formula is C10H7LiO4S. The molecule has 2 aromatic carbocycles. The molecule has 0 spiro atoms. The minimum Gasteiger partial charge on any atom is -0.744 e. The largest absolute Gasteiger partial charge is 1.00 e. The number of hydrogen-bond donors (Lipinski definition) is 1. The molecule has 2 aromatic rings. The van der Waals surface area contributed by atoms with E-state index in [2.05, 4.69) is 0 Å². The summed E-state index contributed by atoms with van der Waals surface area (Å²) in [5.74, 6) is 0.0974. The van der Waals surface area contributed by atoms with Gasteiger partial charge in [0, 0.05) is 0 Å². The van der Waals surface area contributed by atoms with Crippen molar-refractivity contribution >= 4 is 20.9 Å². The summed E-state index contributed by atoms with van der Waals surface area (Å²) in [6.45, 7) is 0. The van der Waals surface area contributed by atoms with Crippen LogP contribution in [0.4, 0.5) is 0 Å². The predicted octanol–water partition coefficient (Wildman–Crippen LogP) is -1.55. The smallest absolute Gasteiger partial charge is 0.744 e. The van der Waals surface area contributed by atoms with E-state index in [1.54, 1.807) is 6.07 Å². The molecule has 0 saturated heterocycles. The topological polar surface area (TPSA) is 77.4 Å². The van der Waals surface area contributed by atoms with Gasteiger partial charge in [-0.05, 0) is 35.0 Å². The van der Waals surface area contributed by atoms with Crippen molar-refractivity contribution in [2.75, 3.05) is 0 Å². The Labute approximate surface area is 105 Å². The Morgan fingerprint density at radius 2 is 1.56 bits per heavy atom. The van der Waals surface area contributed by atoms with Gasteiger partial charge in [-0.15, -0.1) is 0 Å². The summed E-state index contributed by atoms with van der Waals surface area (Å²) in [6.07, 6.45) is 0. The number of hydrogen-bond acceptors (Lipinski definition) is 4. The fourth-order valence-electron chi connectivity index (χ4n) is 1.37. The third kappa shape index (κ3) is 2.57. The molecule has 0 atom stereocenters. The van der Waals surface area contributed by atoms with E-state index in [0.717, 1.165) is 0 Å². The van der Waals surface area contributed by atoms with Gasteiger partial charge in [-0.1, -0.05) is 12.1 Å². The van der Waals surface area contributed by atoms with Crippen LogP contribution in [0.15, 0.2) is 41.3 Å². The van der Waals surface area contributed by atoms with Crippen molar-refractivity contribution in [1.82, 2.24) is 0 Å². The van der Waals surface area contributed by atoms with Gasteiger partial charge >= 0.3 is 18.9 Å². The zero-order valence-electron chi connectivity index (χ0n) is 8.54. The fourth-order valence-corrected chi connectivity index (χ4v) is 1.87. The van der Waals surface area contributed by atoms with E-state index in [1.165, 1.54) is 30.3 Å². The summed E-state index contributed by atoms with van der Waals surface area (Å²) in [6, 6.07) is 8.49. The Hall–Kier alpha value is -0.993. The van der Waals surface area contributed by atoms with Gasteiger partial charge in [0.2, 0.25) is 0 Å². The van der Waals surface area contributed by atoms with Crippen LogP contribution in [-0.4, -0.2) is 18.1 Å². The Kier molecular flexibility index (Phi) is 3.66. The van der Waals surface area contributed by atoms with Crippen LogP contribution in [-0.2, 0) is 10.1 Å². The second kappa shape index (κ2) is 4.48. The first-order valence-corrected chi connectivity index (χ1v) is 5.56. The molecule has 0 heterocycles. The third-order valence-electron chi connectivity index (χ3n) is 2.08. The Morgan fingerprint density at radius 1 is 1.00 bits per heavy atom. The number of aromatic hydroxyl groups is 1. The molecule has 0 unspecified atom stereocenters. The summed E-state index contributed by atoms with van der Waals surface area (Å²) < 4.78 is 32.2. The average molecular weight is 230 g/mol. The Balaban J connectivity index is 0.00000128. The van der Waals surface area contributed by atoms with Gasteiger partial charge in [-0.25, -0.2) is 8.42 Å². The number of phenols is 1. The van der Waals surface area contributed by atoms with Crippen molar-refractivity contribution in [2.45, 2.75) is 4.90 Å². The van der Waals surface area contributed by atoms with Crippen molar-refractivity contribution in [2.24, 2.45) is 0 Å². The molecule has 0 bridgehead atoms. The van der Waals surface area contributed by atoms with E-state index in [-0.39, 0.29) is 29.5 Å². The van der Waals surface area contributed by atoms with Crippen LogP contribution in [0.2, 0.25) is 0 Å². The molecule has 1 N–H and O–H groups in total. The molecule has 0 aliphatic heterocycles. The summed E-state index contributed by atoms with van der Waals surface area (Å²) in [7, 11) is -4.42. The van der Waals surface area contributed by atoms with Crippen molar-refractivity contribution in [3.05, 3.63) is 36.4 Å². The minimum absolute atomic E-state index is 0. The summed E-state index contributed by atoms with van der Waals surface area (Å²) >= 11 is 0. The first kappa shape index (κ1) is 13.1. The summed E-state index contributed by atoms with van der Waals surface area (Å²) in [5, 5.41) is 10.5. The van der Waals surface area contributed by atoms with Crippen molar-refractivity contribution in [3.8, 4) is 5.75 Å². The van der Waals surface area contributed by atoms with Crippen LogP contribution in [0.5, 0.6) is 5.75 Å². The summed E-state index contributed by atoms with van der Waals surface area (Å²) in [5.41, 5.74) is 0. The third-order valence-corrected chi connectivity index (χ3v) is 2.92. The zero-order valence-corrected chi connectivity index (χ0v) is 9.36. The van der Waals surface area contributed by atoms with Crippen molar-refractivity contribution in [3.63, 3.8) is 0 Å². The first-order valence-electron chi connectivity index (χ1n) is 4.15. The van der Waals surface area contributed by atoms with E-state index >= 15 is 0 Å². The number of phenolic OH excluding ortho intramolecular Hbond substituents is 1. The second-order valence-electron chi connectivity index (χ2n) is 3.15. The molecule has 78 valence electrons. The maximum atomic E-state index is 10.7. The molecule has 0 fully saturated rings. The van der Waals surface area contributed by atoms with Gasteiger partial charge in [0.05, 0.1) is 4.90 Å². The SMILES string of the molecule is O=S(=O)([O-])c1ccc2cc(O)ccc2c1.[Li+]. The second-order valence-corrected chi connectivity index (χ2v) is 4.53. The zero-order chi connectivity index (χ0) is 11.1. The molecule has 0 aliphatic rings. The molecule has 0 aliphatic carbocycles. The molecule has 0 saturated carbocycles. The van der Waals surface area contributed by atoms with Crippen LogP contribution >= 0.6 is 0 Å². The monoisotopic (exact) mass is 230 g/mol. The van der Waals surface area contributed by atoms with E-state index in [9.17, 15) is 18.1 Å². The van der Waals surface area contributed by atoms with Crippen LogP contribution in [0.1, 0.15) is 0 Å². The van der Waals surface area contributed by atoms with Gasteiger partial charge in [-0.2, -0.15) is 0 Å². The van der Waals surface area contributed by atoms with Gasteiger partial charge < -0.3 is 9.66 Å². The molecule has 2 rings (SSSR count). The van der Waals surface area contributed by atoms with E-state index in [1.807, 2.05) is 0 Å². The quantitative estimate of drug-likeness (QED) is 0.475. The predicted molar refractivity (Wildman–Crippen MR) is 53.6 cm³/mol. The van der Waals surface area contributed by atoms with Crippen molar-refractivity contribution < 1.29 is 36.9 Å². The molecule has 4 nitrogen and oxygen atoms in total. The van der Waals surface area contributed by atoms with Gasteiger partial charge in [-0.3, -0.25) is 0 Å². The van der Waals surface area contributed by atoms with Gasteiger partial charge in [0.25, 0.3) is 0 Å². The molecular weight excluding hydrogens is 223 g/mol. The summed E-state index contributed by atoms with van der Waals surface area (Å²) in [4.78, 5) is -0.263. The number of rotatable bonds is 1. The van der Waals surface area contributed by atoms with Crippen LogP contribution in [0, 0.1) is 0 Å². The molecule has 0 radical (unpaired) electrons. The van der Waals surface area contributed by atoms with E-state index in [0.29, 0.717) is 10.8 Å².